The third kappa shape index (κ3) is 5.95. The third-order valence-corrected chi connectivity index (χ3v) is 7.38. The Hall–Kier alpha value is -2.82. The fourth-order valence-electron chi connectivity index (χ4n) is 3.56. The number of nitrogens with zero attached hydrogens (tertiary/aromatic N) is 1. The molecule has 11 heteroatoms. The van der Waals surface area contributed by atoms with Crippen LogP contribution in [0.25, 0.3) is 0 Å². The van der Waals surface area contributed by atoms with E-state index in [9.17, 15) is 18.0 Å². The van der Waals surface area contributed by atoms with Crippen LogP contribution in [0.1, 0.15) is 30.1 Å². The summed E-state index contributed by atoms with van der Waals surface area (Å²) in [5.41, 5.74) is 5.67. The first-order valence-electron chi connectivity index (χ1n) is 10.3. The van der Waals surface area contributed by atoms with Gasteiger partial charge in [-0.3, -0.25) is 9.59 Å². The summed E-state index contributed by atoms with van der Waals surface area (Å²) in [6.45, 7) is 2.65. The fourth-order valence-corrected chi connectivity index (χ4v) is 5.43. The number of nitrogens with one attached hydrogen (secondary N) is 1. The summed E-state index contributed by atoms with van der Waals surface area (Å²) in [5, 5.41) is 2.76. The molecule has 178 valence electrons. The smallest absolute Gasteiger partial charge is 0.255 e. The van der Waals surface area contributed by atoms with Crippen LogP contribution in [0.15, 0.2) is 41.3 Å². The summed E-state index contributed by atoms with van der Waals surface area (Å²) in [4.78, 5) is 23.8. The summed E-state index contributed by atoms with van der Waals surface area (Å²) < 4.78 is 37.7. The van der Waals surface area contributed by atoms with Crippen molar-refractivity contribution in [3.63, 3.8) is 0 Å². The monoisotopic (exact) mass is 495 g/mol. The molecule has 0 aromatic heterocycles. The summed E-state index contributed by atoms with van der Waals surface area (Å²) >= 11 is 6.19. The molecule has 1 atom stereocenters. The topological polar surface area (TPSA) is 128 Å². The second-order valence-electron chi connectivity index (χ2n) is 7.83. The number of primary amides is 1. The summed E-state index contributed by atoms with van der Waals surface area (Å²) in [7, 11) is -2.22. The zero-order valence-corrected chi connectivity index (χ0v) is 19.9. The fraction of sp³-hybridized carbons (Fsp3) is 0.364. The van der Waals surface area contributed by atoms with Gasteiger partial charge < -0.3 is 20.5 Å². The third-order valence-electron chi connectivity index (χ3n) is 5.22. The highest BCUT2D eigenvalue weighted by Gasteiger charge is 2.28. The number of benzene rings is 2. The molecule has 3 N–H and O–H groups in total. The van der Waals surface area contributed by atoms with E-state index >= 15 is 0 Å². The van der Waals surface area contributed by atoms with E-state index in [0.717, 1.165) is 12.8 Å². The molecule has 0 bridgehead atoms. The van der Waals surface area contributed by atoms with E-state index in [1.807, 2.05) is 6.92 Å². The molecule has 0 saturated carbocycles. The highest BCUT2D eigenvalue weighted by Crippen LogP contribution is 2.36. The summed E-state index contributed by atoms with van der Waals surface area (Å²) in [6, 6.07) is 8.78. The Morgan fingerprint density at radius 3 is 2.55 bits per heavy atom. The van der Waals surface area contributed by atoms with E-state index in [-0.39, 0.29) is 27.0 Å². The van der Waals surface area contributed by atoms with Crippen molar-refractivity contribution in [3.8, 4) is 11.5 Å². The number of sulfonamides is 1. The molecule has 0 aliphatic carbocycles. The molecule has 1 aliphatic heterocycles. The first kappa shape index (κ1) is 24.8. The molecule has 1 unspecified atom stereocenters. The van der Waals surface area contributed by atoms with Gasteiger partial charge in [0, 0.05) is 24.3 Å². The minimum atomic E-state index is -3.58. The lowest BCUT2D eigenvalue weighted by atomic mass is 10.0. The number of carbonyl (C=O) groups excluding carboxylic acids is 2. The highest BCUT2D eigenvalue weighted by molar-refractivity contribution is 7.89. The van der Waals surface area contributed by atoms with E-state index in [1.165, 1.54) is 47.8 Å². The highest BCUT2D eigenvalue weighted by atomic mass is 35.5. The molecule has 1 saturated heterocycles. The molecule has 9 nitrogen and oxygen atoms in total. The van der Waals surface area contributed by atoms with Crippen LogP contribution in [0.2, 0.25) is 5.02 Å². The van der Waals surface area contributed by atoms with Crippen molar-refractivity contribution in [2.45, 2.75) is 24.7 Å². The largest absolute Gasteiger partial charge is 0.493 e. The van der Waals surface area contributed by atoms with Crippen LogP contribution in [0.4, 0.5) is 5.69 Å². The molecular weight excluding hydrogens is 470 g/mol. The zero-order chi connectivity index (χ0) is 24.2. The van der Waals surface area contributed by atoms with Gasteiger partial charge in [0.05, 0.1) is 17.0 Å². The Labute approximate surface area is 197 Å². The minimum Gasteiger partial charge on any atom is -0.493 e. The average molecular weight is 496 g/mol. The van der Waals surface area contributed by atoms with Gasteiger partial charge in [-0.25, -0.2) is 8.42 Å². The van der Waals surface area contributed by atoms with Crippen molar-refractivity contribution in [2.24, 2.45) is 11.7 Å². The number of carbonyl (C=O) groups is 2. The van der Waals surface area contributed by atoms with Crippen LogP contribution in [0.3, 0.4) is 0 Å². The van der Waals surface area contributed by atoms with E-state index in [4.69, 9.17) is 26.8 Å². The van der Waals surface area contributed by atoms with Crippen molar-refractivity contribution < 1.29 is 27.5 Å². The average Bonchev–Trinajstić information content (AvgIpc) is 2.78. The number of halogens is 1. The number of anilines is 1. The van der Waals surface area contributed by atoms with Crippen LogP contribution in [-0.2, 0) is 14.8 Å². The number of hydrogen-bond donors (Lipinski definition) is 2. The number of amides is 2. The van der Waals surface area contributed by atoms with Crippen LogP contribution in [0, 0.1) is 5.92 Å². The summed E-state index contributed by atoms with van der Waals surface area (Å²) in [5.74, 6) is -0.599. The number of piperidine rings is 1. The Kier molecular flexibility index (Phi) is 7.83. The van der Waals surface area contributed by atoms with Crippen LogP contribution in [0.5, 0.6) is 11.5 Å². The Bertz CT molecular complexity index is 1140. The van der Waals surface area contributed by atoms with Gasteiger partial charge in [0.2, 0.25) is 10.0 Å². The molecule has 2 amide bonds. The number of methoxy groups -OCH3 is 1. The first-order valence-corrected chi connectivity index (χ1v) is 12.1. The van der Waals surface area contributed by atoms with E-state index in [2.05, 4.69) is 5.32 Å². The Morgan fingerprint density at radius 2 is 1.94 bits per heavy atom. The van der Waals surface area contributed by atoms with Crippen molar-refractivity contribution in [2.75, 3.05) is 32.1 Å². The molecule has 33 heavy (non-hydrogen) atoms. The van der Waals surface area contributed by atoms with E-state index in [0.29, 0.717) is 24.7 Å². The maximum atomic E-state index is 12.9. The predicted octanol–water partition coefficient (Wildman–Crippen LogP) is 2.89. The predicted molar refractivity (Wildman–Crippen MR) is 124 cm³/mol. The van der Waals surface area contributed by atoms with Gasteiger partial charge in [-0.2, -0.15) is 4.31 Å². The Morgan fingerprint density at radius 1 is 1.24 bits per heavy atom. The molecule has 2 aromatic carbocycles. The van der Waals surface area contributed by atoms with Crippen molar-refractivity contribution in [3.05, 3.63) is 47.0 Å². The minimum absolute atomic E-state index is 0.0675. The lowest BCUT2D eigenvalue weighted by Crippen LogP contribution is -2.39. The molecule has 3 rings (SSSR count). The molecule has 1 fully saturated rings. The van der Waals surface area contributed by atoms with Crippen LogP contribution >= 0.6 is 11.6 Å². The second kappa shape index (κ2) is 10.4. The van der Waals surface area contributed by atoms with E-state index < -0.39 is 28.4 Å². The lowest BCUT2D eigenvalue weighted by molar-refractivity contribution is -0.119. The quantitative estimate of drug-likeness (QED) is 0.579. The van der Waals surface area contributed by atoms with Crippen molar-refractivity contribution in [1.82, 2.24) is 4.31 Å². The van der Waals surface area contributed by atoms with Gasteiger partial charge in [-0.15, -0.1) is 0 Å². The number of hydrogen-bond acceptors (Lipinski definition) is 6. The van der Waals surface area contributed by atoms with Crippen molar-refractivity contribution >= 4 is 39.1 Å². The first-order chi connectivity index (χ1) is 15.6. The summed E-state index contributed by atoms with van der Waals surface area (Å²) in [6.07, 6.45) is 1.86. The lowest BCUT2D eigenvalue weighted by Gasteiger charge is -2.30. The van der Waals surface area contributed by atoms with Gasteiger partial charge in [-0.05, 0) is 55.2 Å². The second-order valence-corrected chi connectivity index (χ2v) is 10.2. The number of nitrogens with two attached hydrogens (primary N) is 1. The van der Waals surface area contributed by atoms with Gasteiger partial charge in [-0.1, -0.05) is 18.5 Å². The van der Waals surface area contributed by atoms with Gasteiger partial charge in [0.25, 0.3) is 11.8 Å². The number of rotatable bonds is 8. The van der Waals surface area contributed by atoms with E-state index in [1.54, 1.807) is 0 Å². The molecule has 0 radical (unpaired) electrons. The molecule has 2 aromatic rings. The molecular formula is C22H26ClN3O6S. The van der Waals surface area contributed by atoms with Crippen molar-refractivity contribution in [1.29, 1.82) is 0 Å². The van der Waals surface area contributed by atoms with Crippen LogP contribution in [-0.4, -0.2) is 51.3 Å². The number of ether oxygens (including phenoxy) is 2. The van der Waals surface area contributed by atoms with Gasteiger partial charge in [0.1, 0.15) is 0 Å². The van der Waals surface area contributed by atoms with Gasteiger partial charge in [0.15, 0.2) is 18.1 Å². The molecule has 0 spiro atoms. The normalized spacial score (nSPS) is 16.8. The maximum Gasteiger partial charge on any atom is 0.255 e. The molecule has 1 heterocycles. The molecule has 1 aliphatic rings. The van der Waals surface area contributed by atoms with Gasteiger partial charge >= 0.3 is 0 Å². The van der Waals surface area contributed by atoms with Crippen LogP contribution < -0.4 is 20.5 Å². The SMILES string of the molecule is COc1cc(C(=O)Nc2ccc(S(=O)(=O)N3CCCC(C)C3)cc2)cc(Cl)c1OCC(N)=O. The Balaban J connectivity index is 1.74. The maximum absolute atomic E-state index is 12.9. The standard InChI is InChI=1S/C22H26ClN3O6S/c1-14-4-3-9-26(12-14)33(29,30)17-7-5-16(6-8-17)25-22(28)15-10-18(23)21(19(11-15)31-2)32-13-20(24)27/h5-8,10-11,14H,3-4,9,12-13H2,1-2H3,(H2,24,27)(H,25,28). The zero-order valence-electron chi connectivity index (χ0n) is 18.3.